The number of aryl methyl sites for hydroxylation is 3. The fourth-order valence-corrected chi connectivity index (χ4v) is 2.76. The zero-order valence-electron chi connectivity index (χ0n) is 10.5. The first kappa shape index (κ1) is 12.4. The Kier molecular flexibility index (Phi) is 3.72. The smallest absolute Gasteiger partial charge is 0.105 e. The van der Waals surface area contributed by atoms with Crippen LogP contribution in [-0.2, 0) is 6.42 Å². The van der Waals surface area contributed by atoms with Crippen molar-refractivity contribution in [3.63, 3.8) is 0 Å². The molecule has 0 aliphatic heterocycles. The first-order valence-corrected chi connectivity index (χ1v) is 6.83. The molecule has 90 valence electrons. The highest BCUT2D eigenvalue weighted by molar-refractivity contribution is 9.09. The van der Waals surface area contributed by atoms with E-state index in [0.29, 0.717) is 0 Å². The summed E-state index contributed by atoms with van der Waals surface area (Å²) in [6.07, 6.45) is 1.08. The van der Waals surface area contributed by atoms with Gasteiger partial charge in [0.1, 0.15) is 11.5 Å². The monoisotopic (exact) mass is 292 g/mol. The lowest BCUT2D eigenvalue weighted by molar-refractivity contribution is 0.502. The first-order valence-electron chi connectivity index (χ1n) is 5.91. The summed E-state index contributed by atoms with van der Waals surface area (Å²) in [5, 5.41) is 0. The topological polar surface area (TPSA) is 13.1 Å². The average molecular weight is 293 g/mol. The van der Waals surface area contributed by atoms with Crippen LogP contribution in [0.15, 0.2) is 34.7 Å². The second kappa shape index (κ2) is 5.09. The van der Waals surface area contributed by atoms with Gasteiger partial charge in [-0.3, -0.25) is 0 Å². The Bertz CT molecular complexity index is 496. The number of hydrogen-bond acceptors (Lipinski definition) is 1. The molecule has 0 fully saturated rings. The summed E-state index contributed by atoms with van der Waals surface area (Å²) in [6.45, 7) is 6.16. The van der Waals surface area contributed by atoms with E-state index in [4.69, 9.17) is 4.42 Å². The molecule has 1 unspecified atom stereocenters. The Morgan fingerprint density at radius 1 is 1.18 bits per heavy atom. The highest BCUT2D eigenvalue weighted by Gasteiger charge is 2.15. The van der Waals surface area contributed by atoms with E-state index in [-0.39, 0.29) is 4.83 Å². The van der Waals surface area contributed by atoms with Crippen LogP contribution in [0.1, 0.15) is 40.0 Å². The second-order valence-corrected chi connectivity index (χ2v) is 5.24. The Balaban J connectivity index is 2.30. The summed E-state index contributed by atoms with van der Waals surface area (Å²) in [7, 11) is 0. The Morgan fingerprint density at radius 2 is 1.82 bits per heavy atom. The maximum atomic E-state index is 5.57. The van der Waals surface area contributed by atoms with Gasteiger partial charge in [-0.25, -0.2) is 0 Å². The van der Waals surface area contributed by atoms with Crippen LogP contribution in [0, 0.1) is 13.8 Å². The van der Waals surface area contributed by atoms with Gasteiger partial charge in [0.05, 0.1) is 4.83 Å². The van der Waals surface area contributed by atoms with E-state index in [1.54, 1.807) is 0 Å². The number of rotatable bonds is 3. The molecule has 1 heterocycles. The quantitative estimate of drug-likeness (QED) is 0.730. The van der Waals surface area contributed by atoms with E-state index in [0.717, 1.165) is 17.9 Å². The molecule has 0 saturated carbocycles. The van der Waals surface area contributed by atoms with E-state index in [1.165, 1.54) is 16.7 Å². The van der Waals surface area contributed by atoms with Crippen LogP contribution in [0.4, 0.5) is 0 Å². The van der Waals surface area contributed by atoms with E-state index in [9.17, 15) is 0 Å². The van der Waals surface area contributed by atoms with Gasteiger partial charge in [-0.2, -0.15) is 0 Å². The lowest BCUT2D eigenvalue weighted by atomic mass is 10.0. The van der Waals surface area contributed by atoms with Crippen LogP contribution >= 0.6 is 15.9 Å². The molecule has 1 aromatic carbocycles. The second-order valence-electron chi connectivity index (χ2n) is 4.33. The summed E-state index contributed by atoms with van der Waals surface area (Å²) in [5.74, 6) is 1.95. The molecule has 0 aliphatic rings. The molecule has 0 amide bonds. The molecule has 2 aromatic rings. The van der Waals surface area contributed by atoms with Crippen molar-refractivity contribution in [1.29, 1.82) is 0 Å². The third kappa shape index (κ3) is 2.63. The van der Waals surface area contributed by atoms with Crippen molar-refractivity contribution in [3.8, 4) is 0 Å². The Labute approximate surface area is 111 Å². The van der Waals surface area contributed by atoms with E-state index < -0.39 is 0 Å². The molecule has 0 bridgehead atoms. The van der Waals surface area contributed by atoms with Crippen molar-refractivity contribution in [2.45, 2.75) is 32.0 Å². The summed E-state index contributed by atoms with van der Waals surface area (Å²) < 4.78 is 5.57. The minimum Gasteiger partial charge on any atom is -0.466 e. The first-order chi connectivity index (χ1) is 8.11. The SMILES string of the molecule is CCc1ccc(C(Br)c2cc(C)oc2C)cc1. The minimum atomic E-state index is 0.214. The lowest BCUT2D eigenvalue weighted by Crippen LogP contribution is -1.93. The fourth-order valence-electron chi connectivity index (χ4n) is 2.00. The van der Waals surface area contributed by atoms with Gasteiger partial charge in [0, 0.05) is 5.56 Å². The number of halogens is 1. The van der Waals surface area contributed by atoms with E-state index in [2.05, 4.69) is 53.2 Å². The van der Waals surface area contributed by atoms with Crippen molar-refractivity contribution in [2.24, 2.45) is 0 Å². The van der Waals surface area contributed by atoms with Crippen LogP contribution in [0.3, 0.4) is 0 Å². The van der Waals surface area contributed by atoms with Gasteiger partial charge in [0.25, 0.3) is 0 Å². The predicted octanol–water partition coefficient (Wildman–Crippen LogP) is 4.94. The average Bonchev–Trinajstić information content (AvgIpc) is 2.68. The minimum absolute atomic E-state index is 0.214. The Morgan fingerprint density at radius 3 is 2.29 bits per heavy atom. The van der Waals surface area contributed by atoms with Gasteiger partial charge in [-0.05, 0) is 37.5 Å². The van der Waals surface area contributed by atoms with Crippen molar-refractivity contribution < 1.29 is 4.42 Å². The molecule has 1 nitrogen and oxygen atoms in total. The van der Waals surface area contributed by atoms with Gasteiger partial charge >= 0.3 is 0 Å². The Hall–Kier alpha value is -1.02. The normalized spacial score (nSPS) is 12.7. The summed E-state index contributed by atoms with van der Waals surface area (Å²) >= 11 is 3.74. The van der Waals surface area contributed by atoms with Gasteiger partial charge in [0.15, 0.2) is 0 Å². The van der Waals surface area contributed by atoms with Crippen molar-refractivity contribution >= 4 is 15.9 Å². The maximum Gasteiger partial charge on any atom is 0.105 e. The molecule has 2 heteroatoms. The molecular formula is C15H17BrO. The number of hydrogen-bond donors (Lipinski definition) is 0. The number of alkyl halides is 1. The lowest BCUT2D eigenvalue weighted by Gasteiger charge is -2.09. The van der Waals surface area contributed by atoms with Crippen LogP contribution < -0.4 is 0 Å². The van der Waals surface area contributed by atoms with Crippen LogP contribution in [0.25, 0.3) is 0 Å². The van der Waals surface area contributed by atoms with E-state index >= 15 is 0 Å². The van der Waals surface area contributed by atoms with Gasteiger partial charge in [0.2, 0.25) is 0 Å². The molecule has 0 aliphatic carbocycles. The molecule has 0 spiro atoms. The van der Waals surface area contributed by atoms with Gasteiger partial charge in [-0.15, -0.1) is 0 Å². The molecule has 17 heavy (non-hydrogen) atoms. The molecule has 2 rings (SSSR count). The van der Waals surface area contributed by atoms with Crippen molar-refractivity contribution in [3.05, 3.63) is 58.5 Å². The summed E-state index contributed by atoms with van der Waals surface area (Å²) in [6, 6.07) is 10.8. The van der Waals surface area contributed by atoms with Crippen LogP contribution in [-0.4, -0.2) is 0 Å². The third-order valence-electron chi connectivity index (χ3n) is 3.03. The van der Waals surface area contributed by atoms with Gasteiger partial charge in [-0.1, -0.05) is 47.1 Å². The molecule has 0 N–H and O–H groups in total. The summed E-state index contributed by atoms with van der Waals surface area (Å²) in [4.78, 5) is 0.214. The molecule has 0 saturated heterocycles. The molecule has 1 aromatic heterocycles. The highest BCUT2D eigenvalue weighted by atomic mass is 79.9. The van der Waals surface area contributed by atoms with E-state index in [1.807, 2.05) is 13.8 Å². The highest BCUT2D eigenvalue weighted by Crippen LogP contribution is 2.34. The maximum absolute atomic E-state index is 5.57. The van der Waals surface area contributed by atoms with Crippen LogP contribution in [0.5, 0.6) is 0 Å². The van der Waals surface area contributed by atoms with Crippen molar-refractivity contribution in [2.75, 3.05) is 0 Å². The van der Waals surface area contributed by atoms with Crippen LogP contribution in [0.2, 0.25) is 0 Å². The zero-order valence-corrected chi connectivity index (χ0v) is 12.0. The molecular weight excluding hydrogens is 276 g/mol. The predicted molar refractivity (Wildman–Crippen MR) is 74.8 cm³/mol. The standard InChI is InChI=1S/C15H17BrO/c1-4-12-5-7-13(8-6-12)15(16)14-9-10(2)17-11(14)3/h5-9,15H,4H2,1-3H3. The number of furan rings is 1. The van der Waals surface area contributed by atoms with Gasteiger partial charge < -0.3 is 4.42 Å². The van der Waals surface area contributed by atoms with Crippen molar-refractivity contribution in [1.82, 2.24) is 0 Å². The zero-order chi connectivity index (χ0) is 12.4. The summed E-state index contributed by atoms with van der Waals surface area (Å²) in [5.41, 5.74) is 3.85. The fraction of sp³-hybridized carbons (Fsp3) is 0.333. The largest absolute Gasteiger partial charge is 0.466 e. The third-order valence-corrected chi connectivity index (χ3v) is 4.05. The number of benzene rings is 1. The molecule has 1 atom stereocenters. The molecule has 0 radical (unpaired) electrons.